The fraction of sp³-hybridized carbons (Fsp3) is 0.138. The number of para-hydroxylation sites is 1. The van der Waals surface area contributed by atoms with Gasteiger partial charge in [-0.2, -0.15) is 5.26 Å². The molecule has 0 unspecified atom stereocenters. The number of carbonyl (C=O) groups is 2. The molecule has 1 fully saturated rings. The molecule has 2 amide bonds. The van der Waals surface area contributed by atoms with E-state index in [1.165, 1.54) is 4.90 Å². The molecule has 0 radical (unpaired) electrons. The van der Waals surface area contributed by atoms with Gasteiger partial charge in [-0.05, 0) is 54.9 Å². The Kier molecular flexibility index (Phi) is 6.02. The maximum atomic E-state index is 13.2. The van der Waals surface area contributed by atoms with Crippen molar-refractivity contribution in [3.8, 4) is 6.07 Å². The molecule has 0 spiro atoms. The zero-order chi connectivity index (χ0) is 24.5. The van der Waals surface area contributed by atoms with Crippen molar-refractivity contribution in [3.63, 3.8) is 0 Å². The monoisotopic (exact) mass is 477 g/mol. The van der Waals surface area contributed by atoms with Crippen molar-refractivity contribution in [2.24, 2.45) is 0 Å². The SMILES string of the molecule is Cc1cccc(CN2C(=O)S/C(=C\c3c(C)n(Cc4ccccc4C#N)c4ccccc34)C2=O)c1. The van der Waals surface area contributed by atoms with E-state index in [2.05, 4.69) is 10.6 Å². The molecule has 1 aromatic heterocycles. The lowest BCUT2D eigenvalue weighted by Crippen LogP contribution is -2.27. The highest BCUT2D eigenvalue weighted by Crippen LogP contribution is 2.36. The first-order valence-electron chi connectivity index (χ1n) is 11.3. The molecular weight excluding hydrogens is 454 g/mol. The third kappa shape index (κ3) is 4.27. The Balaban J connectivity index is 1.52. The smallest absolute Gasteiger partial charge is 0.293 e. The fourth-order valence-electron chi connectivity index (χ4n) is 4.54. The second-order valence-electron chi connectivity index (χ2n) is 8.63. The Morgan fingerprint density at radius 2 is 1.71 bits per heavy atom. The molecule has 0 bridgehead atoms. The molecule has 5 rings (SSSR count). The van der Waals surface area contributed by atoms with Gasteiger partial charge in [0.1, 0.15) is 0 Å². The van der Waals surface area contributed by atoms with Gasteiger partial charge in [-0.15, -0.1) is 0 Å². The number of nitriles is 1. The average molecular weight is 478 g/mol. The van der Waals surface area contributed by atoms with Crippen LogP contribution < -0.4 is 0 Å². The van der Waals surface area contributed by atoms with E-state index in [0.29, 0.717) is 17.0 Å². The van der Waals surface area contributed by atoms with Crippen LogP contribution in [0.25, 0.3) is 17.0 Å². The van der Waals surface area contributed by atoms with Crippen LogP contribution in [0.15, 0.2) is 77.7 Å². The quantitative estimate of drug-likeness (QED) is 0.311. The zero-order valence-corrected chi connectivity index (χ0v) is 20.3. The molecule has 3 aromatic carbocycles. The number of aryl methyl sites for hydroxylation is 1. The molecule has 6 heteroatoms. The summed E-state index contributed by atoms with van der Waals surface area (Å²) < 4.78 is 2.16. The van der Waals surface area contributed by atoms with Gasteiger partial charge in [-0.3, -0.25) is 14.5 Å². The summed E-state index contributed by atoms with van der Waals surface area (Å²) in [6.07, 6.45) is 1.84. The minimum atomic E-state index is -0.271. The van der Waals surface area contributed by atoms with Crippen molar-refractivity contribution in [1.82, 2.24) is 9.47 Å². The molecule has 0 saturated carbocycles. The van der Waals surface area contributed by atoms with E-state index in [-0.39, 0.29) is 17.7 Å². The number of rotatable bonds is 5. The lowest BCUT2D eigenvalue weighted by molar-refractivity contribution is -0.123. The number of amides is 2. The molecule has 4 aromatic rings. The van der Waals surface area contributed by atoms with Gasteiger partial charge in [0.05, 0.1) is 23.1 Å². The van der Waals surface area contributed by atoms with E-state index in [0.717, 1.165) is 50.6 Å². The van der Waals surface area contributed by atoms with Crippen LogP contribution in [-0.2, 0) is 17.9 Å². The topological polar surface area (TPSA) is 66.1 Å². The third-order valence-electron chi connectivity index (χ3n) is 6.32. The first kappa shape index (κ1) is 22.7. The van der Waals surface area contributed by atoms with E-state index in [1.54, 1.807) is 0 Å². The van der Waals surface area contributed by atoms with Crippen LogP contribution >= 0.6 is 11.8 Å². The van der Waals surface area contributed by atoms with Crippen molar-refractivity contribution in [1.29, 1.82) is 5.26 Å². The fourth-order valence-corrected chi connectivity index (χ4v) is 5.36. The molecule has 35 heavy (non-hydrogen) atoms. The lowest BCUT2D eigenvalue weighted by atomic mass is 10.1. The first-order chi connectivity index (χ1) is 17.0. The van der Waals surface area contributed by atoms with E-state index in [4.69, 9.17) is 0 Å². The summed E-state index contributed by atoms with van der Waals surface area (Å²) in [5, 5.41) is 10.3. The minimum Gasteiger partial charge on any atom is -0.340 e. The Morgan fingerprint density at radius 3 is 2.51 bits per heavy atom. The van der Waals surface area contributed by atoms with Crippen LogP contribution in [-0.4, -0.2) is 20.6 Å². The Bertz CT molecular complexity index is 1560. The largest absolute Gasteiger partial charge is 0.340 e. The van der Waals surface area contributed by atoms with Gasteiger partial charge in [0.2, 0.25) is 0 Å². The summed E-state index contributed by atoms with van der Waals surface area (Å²) in [5.41, 5.74) is 6.50. The van der Waals surface area contributed by atoms with Gasteiger partial charge in [0.15, 0.2) is 0 Å². The summed E-state index contributed by atoms with van der Waals surface area (Å²) in [6.45, 7) is 4.80. The summed E-state index contributed by atoms with van der Waals surface area (Å²) in [7, 11) is 0. The second kappa shape index (κ2) is 9.28. The molecule has 1 aliphatic heterocycles. The number of aromatic nitrogens is 1. The number of benzene rings is 3. The highest BCUT2D eigenvalue weighted by molar-refractivity contribution is 8.18. The standard InChI is InChI=1S/C29H23N3O2S/c1-19-8-7-9-21(14-19)17-32-28(33)27(35-29(32)34)15-25-20(2)31(26-13-6-5-12-24(25)26)18-23-11-4-3-10-22(23)16-30/h3-15H,17-18H2,1-2H3/b27-15-. The number of carbonyl (C=O) groups excluding carboxylic acids is 2. The predicted octanol–water partition coefficient (Wildman–Crippen LogP) is 6.41. The molecule has 172 valence electrons. The van der Waals surface area contributed by atoms with Crippen LogP contribution in [0.3, 0.4) is 0 Å². The van der Waals surface area contributed by atoms with Crippen molar-refractivity contribution in [2.75, 3.05) is 0 Å². The molecule has 1 aliphatic rings. The van der Waals surface area contributed by atoms with Gasteiger partial charge < -0.3 is 4.57 Å². The predicted molar refractivity (Wildman–Crippen MR) is 140 cm³/mol. The number of hydrogen-bond acceptors (Lipinski definition) is 4. The normalized spacial score (nSPS) is 14.8. The van der Waals surface area contributed by atoms with Crippen LogP contribution in [0.4, 0.5) is 4.79 Å². The molecule has 0 N–H and O–H groups in total. The Labute approximate surface area is 208 Å². The number of hydrogen-bond donors (Lipinski definition) is 0. The maximum Gasteiger partial charge on any atom is 0.293 e. The molecule has 1 saturated heterocycles. The Hall–Kier alpha value is -4.08. The zero-order valence-electron chi connectivity index (χ0n) is 19.5. The van der Waals surface area contributed by atoms with Crippen LogP contribution in [0.1, 0.15) is 33.5 Å². The maximum absolute atomic E-state index is 13.2. The molecule has 0 atom stereocenters. The summed E-state index contributed by atoms with van der Waals surface area (Å²) in [6, 6.07) is 25.7. The van der Waals surface area contributed by atoms with Crippen molar-refractivity contribution in [3.05, 3.63) is 111 Å². The summed E-state index contributed by atoms with van der Waals surface area (Å²) in [5.74, 6) is -0.271. The minimum absolute atomic E-state index is 0.257. The lowest BCUT2D eigenvalue weighted by Gasteiger charge is -2.12. The molecule has 2 heterocycles. The summed E-state index contributed by atoms with van der Waals surface area (Å²) >= 11 is 0.983. The van der Waals surface area contributed by atoms with E-state index in [9.17, 15) is 14.9 Å². The number of nitrogens with zero attached hydrogens (tertiary/aromatic N) is 3. The average Bonchev–Trinajstić information content (AvgIpc) is 3.27. The number of imide groups is 1. The van der Waals surface area contributed by atoms with Crippen LogP contribution in [0.5, 0.6) is 0 Å². The van der Waals surface area contributed by atoms with Gasteiger partial charge >= 0.3 is 0 Å². The van der Waals surface area contributed by atoms with Gasteiger partial charge in [-0.25, -0.2) is 0 Å². The molecular formula is C29H23N3O2S. The van der Waals surface area contributed by atoms with E-state index >= 15 is 0 Å². The van der Waals surface area contributed by atoms with E-state index < -0.39 is 0 Å². The van der Waals surface area contributed by atoms with Crippen molar-refractivity contribution in [2.45, 2.75) is 26.9 Å². The third-order valence-corrected chi connectivity index (χ3v) is 7.23. The van der Waals surface area contributed by atoms with Crippen LogP contribution in [0.2, 0.25) is 0 Å². The summed E-state index contributed by atoms with van der Waals surface area (Å²) in [4.78, 5) is 27.7. The second-order valence-corrected chi connectivity index (χ2v) is 9.62. The van der Waals surface area contributed by atoms with Crippen molar-refractivity contribution >= 4 is 39.9 Å². The van der Waals surface area contributed by atoms with Gasteiger partial charge in [0, 0.05) is 28.7 Å². The van der Waals surface area contributed by atoms with Crippen molar-refractivity contribution < 1.29 is 9.59 Å². The molecule has 0 aliphatic carbocycles. The van der Waals surface area contributed by atoms with Gasteiger partial charge in [-0.1, -0.05) is 66.2 Å². The number of fused-ring (bicyclic) bond motifs is 1. The van der Waals surface area contributed by atoms with Gasteiger partial charge in [0.25, 0.3) is 11.1 Å². The molecule has 5 nitrogen and oxygen atoms in total. The van der Waals surface area contributed by atoms with Crippen LogP contribution in [0, 0.1) is 25.2 Å². The highest BCUT2D eigenvalue weighted by atomic mass is 32.2. The Morgan fingerprint density at radius 1 is 0.943 bits per heavy atom. The number of thioether (sulfide) groups is 1. The highest BCUT2D eigenvalue weighted by Gasteiger charge is 2.35. The van der Waals surface area contributed by atoms with E-state index in [1.807, 2.05) is 92.7 Å². The first-order valence-corrected chi connectivity index (χ1v) is 12.1.